The first-order chi connectivity index (χ1) is 18.8. The van der Waals surface area contributed by atoms with Crippen molar-refractivity contribution in [1.82, 2.24) is 15.0 Å². The molecule has 5 aromatic rings. The van der Waals surface area contributed by atoms with E-state index in [1.165, 1.54) is 11.3 Å². The number of nitrogens with zero attached hydrogens (tertiary/aromatic N) is 2. The fourth-order valence-electron chi connectivity index (χ4n) is 4.38. The van der Waals surface area contributed by atoms with Gasteiger partial charge in [-0.15, -0.1) is 11.3 Å². The molecule has 0 saturated carbocycles. The first-order valence-electron chi connectivity index (χ1n) is 12.1. The van der Waals surface area contributed by atoms with E-state index in [9.17, 15) is 8.42 Å². The van der Waals surface area contributed by atoms with Crippen LogP contribution in [0.1, 0.15) is 16.1 Å². The van der Waals surface area contributed by atoms with Gasteiger partial charge in [-0.1, -0.05) is 41.4 Å². The molecule has 6 rings (SSSR count). The summed E-state index contributed by atoms with van der Waals surface area (Å²) < 4.78 is 44.3. The summed E-state index contributed by atoms with van der Waals surface area (Å²) in [6.45, 7) is 3.01. The van der Waals surface area contributed by atoms with Gasteiger partial charge < -0.3 is 19.2 Å². The molecule has 11 heteroatoms. The largest absolute Gasteiger partial charge is 0.497 e. The highest BCUT2D eigenvalue weighted by molar-refractivity contribution is 7.91. The van der Waals surface area contributed by atoms with E-state index in [4.69, 9.17) is 25.8 Å². The highest BCUT2D eigenvalue weighted by Crippen LogP contribution is 2.45. The minimum atomic E-state index is -3.98. The lowest BCUT2D eigenvalue weighted by molar-refractivity contribution is -0.222. The molecule has 1 aliphatic rings. The van der Waals surface area contributed by atoms with Crippen molar-refractivity contribution in [3.63, 3.8) is 0 Å². The first-order valence-corrected chi connectivity index (χ1v) is 14.8. The number of methoxy groups -OCH3 is 1. The third-order valence-corrected chi connectivity index (χ3v) is 10.1. The van der Waals surface area contributed by atoms with Gasteiger partial charge in [-0.25, -0.2) is 18.4 Å². The summed E-state index contributed by atoms with van der Waals surface area (Å²) in [5.41, 5.74) is 2.23. The zero-order valence-corrected chi connectivity index (χ0v) is 23.5. The summed E-state index contributed by atoms with van der Waals surface area (Å²) in [7, 11) is -2.35. The molecule has 1 N–H and O–H groups in total. The molecule has 3 aromatic heterocycles. The van der Waals surface area contributed by atoms with Crippen LogP contribution in [-0.4, -0.2) is 43.7 Å². The molecular formula is C28H24ClN3O5S2. The minimum absolute atomic E-state index is 0.0518. The third-order valence-electron chi connectivity index (χ3n) is 6.69. The number of ether oxygens (including phenoxy) is 3. The number of aromatic nitrogens is 3. The molecule has 1 aliphatic heterocycles. The van der Waals surface area contributed by atoms with Crippen LogP contribution < -0.4 is 4.74 Å². The number of rotatable bonds is 8. The lowest BCUT2D eigenvalue weighted by Crippen LogP contribution is -2.48. The Balaban J connectivity index is 1.37. The van der Waals surface area contributed by atoms with Gasteiger partial charge in [-0.2, -0.15) is 0 Å². The van der Waals surface area contributed by atoms with Gasteiger partial charge in [0.15, 0.2) is 10.6 Å². The SMILES string of the molecule is COc1ccc(COC2(c3ncc(-c4c(Cl)c(S(=O)(=O)c5ccc(C)cc5)nc5[nH]ccc45)s3)COC2)cc1. The second-order valence-corrected chi connectivity index (χ2v) is 12.6. The predicted octanol–water partition coefficient (Wildman–Crippen LogP) is 5.93. The fourth-order valence-corrected chi connectivity index (χ4v) is 7.35. The van der Waals surface area contributed by atoms with Crippen LogP contribution in [-0.2, 0) is 31.5 Å². The number of hydrogen-bond acceptors (Lipinski definition) is 8. The van der Waals surface area contributed by atoms with Crippen molar-refractivity contribution in [2.75, 3.05) is 20.3 Å². The summed E-state index contributed by atoms with van der Waals surface area (Å²) in [5, 5.41) is 1.29. The maximum atomic E-state index is 13.6. The van der Waals surface area contributed by atoms with E-state index in [0.29, 0.717) is 41.3 Å². The van der Waals surface area contributed by atoms with E-state index < -0.39 is 15.4 Å². The number of hydrogen-bond donors (Lipinski definition) is 1. The molecular weight excluding hydrogens is 558 g/mol. The Morgan fingerprint density at radius 3 is 2.51 bits per heavy atom. The van der Waals surface area contributed by atoms with Crippen molar-refractivity contribution in [1.29, 1.82) is 0 Å². The van der Waals surface area contributed by atoms with Gasteiger partial charge >= 0.3 is 0 Å². The van der Waals surface area contributed by atoms with Crippen molar-refractivity contribution in [3.05, 3.63) is 88.1 Å². The van der Waals surface area contributed by atoms with Crippen molar-refractivity contribution in [2.24, 2.45) is 0 Å². The van der Waals surface area contributed by atoms with Gasteiger partial charge in [0.2, 0.25) is 9.84 Å². The highest BCUT2D eigenvalue weighted by Gasteiger charge is 2.45. The number of H-pyrrole nitrogens is 1. The summed E-state index contributed by atoms with van der Waals surface area (Å²) in [4.78, 5) is 12.9. The number of halogens is 1. The van der Waals surface area contributed by atoms with Gasteiger partial charge in [0, 0.05) is 23.3 Å². The van der Waals surface area contributed by atoms with Crippen LogP contribution in [0.15, 0.2) is 76.9 Å². The molecule has 0 bridgehead atoms. The number of fused-ring (bicyclic) bond motifs is 1. The fraction of sp³-hybridized carbons (Fsp3) is 0.214. The van der Waals surface area contributed by atoms with Gasteiger partial charge in [0.25, 0.3) is 0 Å². The molecule has 1 fully saturated rings. The normalized spacial score (nSPS) is 14.8. The molecule has 0 spiro atoms. The Morgan fingerprint density at radius 2 is 1.85 bits per heavy atom. The quantitative estimate of drug-likeness (QED) is 0.242. The maximum absolute atomic E-state index is 13.6. The summed E-state index contributed by atoms with van der Waals surface area (Å²) in [6.07, 6.45) is 3.41. The summed E-state index contributed by atoms with van der Waals surface area (Å²) >= 11 is 8.24. The van der Waals surface area contributed by atoms with Gasteiger partial charge in [0.05, 0.1) is 41.7 Å². The third kappa shape index (κ3) is 4.62. The summed E-state index contributed by atoms with van der Waals surface area (Å²) in [6, 6.07) is 16.1. The Morgan fingerprint density at radius 1 is 1.10 bits per heavy atom. The van der Waals surface area contributed by atoms with Crippen molar-refractivity contribution >= 4 is 43.8 Å². The van der Waals surface area contributed by atoms with Crippen LogP contribution in [0.2, 0.25) is 5.02 Å². The van der Waals surface area contributed by atoms with Gasteiger partial charge in [-0.05, 0) is 42.8 Å². The first kappa shape index (κ1) is 26.0. The lowest BCUT2D eigenvalue weighted by Gasteiger charge is -2.39. The Hall–Kier alpha value is -3.28. The number of pyridine rings is 1. The van der Waals surface area contributed by atoms with E-state index >= 15 is 0 Å². The van der Waals surface area contributed by atoms with Crippen molar-refractivity contribution < 1.29 is 22.6 Å². The number of aryl methyl sites for hydroxylation is 1. The number of thiazole rings is 1. The molecule has 0 atom stereocenters. The molecule has 8 nitrogen and oxygen atoms in total. The van der Waals surface area contributed by atoms with Crippen LogP contribution in [0.5, 0.6) is 5.75 Å². The molecule has 0 amide bonds. The average Bonchev–Trinajstić information content (AvgIpc) is 3.58. The predicted molar refractivity (Wildman–Crippen MR) is 149 cm³/mol. The smallest absolute Gasteiger partial charge is 0.225 e. The molecule has 2 aromatic carbocycles. The number of sulfone groups is 1. The van der Waals surface area contributed by atoms with Gasteiger partial charge in [-0.3, -0.25) is 0 Å². The van der Waals surface area contributed by atoms with Crippen molar-refractivity contribution in [2.45, 2.75) is 29.1 Å². The monoisotopic (exact) mass is 581 g/mol. The van der Waals surface area contributed by atoms with E-state index in [2.05, 4.69) is 15.0 Å². The minimum Gasteiger partial charge on any atom is -0.497 e. The Bertz CT molecular complexity index is 1760. The molecule has 1 saturated heterocycles. The number of nitrogens with one attached hydrogen (secondary N) is 1. The second kappa shape index (κ2) is 10.0. The van der Waals surface area contributed by atoms with E-state index in [1.54, 1.807) is 43.8 Å². The topological polar surface area (TPSA) is 103 Å². The van der Waals surface area contributed by atoms with E-state index in [0.717, 1.165) is 21.9 Å². The van der Waals surface area contributed by atoms with Crippen LogP contribution in [0.25, 0.3) is 21.5 Å². The Kier molecular flexibility index (Phi) is 6.68. The number of aromatic amines is 1. The number of benzene rings is 2. The van der Waals surface area contributed by atoms with Crippen LogP contribution in [0, 0.1) is 6.92 Å². The maximum Gasteiger partial charge on any atom is 0.225 e. The zero-order valence-electron chi connectivity index (χ0n) is 21.1. The van der Waals surface area contributed by atoms with Crippen molar-refractivity contribution in [3.8, 4) is 16.2 Å². The summed E-state index contributed by atoms with van der Waals surface area (Å²) in [5.74, 6) is 0.777. The lowest BCUT2D eigenvalue weighted by atomic mass is 10.0. The highest BCUT2D eigenvalue weighted by atomic mass is 35.5. The molecule has 39 heavy (non-hydrogen) atoms. The van der Waals surface area contributed by atoms with Crippen LogP contribution in [0.3, 0.4) is 0 Å². The molecule has 0 unspecified atom stereocenters. The van der Waals surface area contributed by atoms with Crippen LogP contribution >= 0.6 is 22.9 Å². The van der Waals surface area contributed by atoms with E-state index in [1.807, 2.05) is 37.3 Å². The molecule has 4 heterocycles. The van der Waals surface area contributed by atoms with E-state index in [-0.39, 0.29) is 14.9 Å². The second-order valence-electron chi connectivity index (χ2n) is 9.32. The zero-order chi connectivity index (χ0) is 27.2. The standard InChI is InChI=1S/C28H24ClN3O5S2/c1-17-3-9-20(10-4-17)39(33,34)26-24(29)23(21-11-12-30-25(21)32-26)22-13-31-27(38-22)28(15-36-16-28)37-14-18-5-7-19(35-2)8-6-18/h3-13H,14-16H2,1-2H3,(H,30,32). The van der Waals surface area contributed by atoms with Gasteiger partial charge in [0.1, 0.15) is 16.4 Å². The van der Waals surface area contributed by atoms with Crippen LogP contribution in [0.4, 0.5) is 0 Å². The molecule has 200 valence electrons. The average molecular weight is 582 g/mol. The molecule has 0 radical (unpaired) electrons. The Labute approximate surface area is 234 Å². The molecule has 0 aliphatic carbocycles.